The maximum absolute atomic E-state index is 4.53. The van der Waals surface area contributed by atoms with Gasteiger partial charge in [0.1, 0.15) is 5.82 Å². The maximum atomic E-state index is 4.53. The van der Waals surface area contributed by atoms with Gasteiger partial charge >= 0.3 is 0 Å². The van der Waals surface area contributed by atoms with Crippen molar-refractivity contribution in [3.05, 3.63) is 42.0 Å². The molecule has 0 atom stereocenters. The molecule has 4 rings (SSSR count). The topological polar surface area (TPSA) is 68.5 Å². The normalized spacial score (nSPS) is 14.2. The Hall–Kier alpha value is -2.28. The van der Waals surface area contributed by atoms with Gasteiger partial charge in [0.25, 0.3) is 0 Å². The summed E-state index contributed by atoms with van der Waals surface area (Å²) in [4.78, 5) is 4.53. The van der Waals surface area contributed by atoms with E-state index in [0.717, 1.165) is 28.2 Å². The van der Waals surface area contributed by atoms with Gasteiger partial charge in [-0.25, -0.2) is 0 Å². The van der Waals surface area contributed by atoms with Gasteiger partial charge in [-0.15, -0.1) is 10.2 Å². The number of benzene rings is 1. The van der Waals surface area contributed by atoms with Crippen LogP contribution in [0.2, 0.25) is 0 Å². The molecular weight excluding hydrogens is 296 g/mol. The Kier molecular flexibility index (Phi) is 3.34. The first-order chi connectivity index (χ1) is 10.8. The molecule has 1 fully saturated rings. The minimum Gasteiger partial charge on any atom is -0.353 e. The first kappa shape index (κ1) is 13.4. The van der Waals surface area contributed by atoms with Crippen molar-refractivity contribution in [2.24, 2.45) is 0 Å². The van der Waals surface area contributed by atoms with Crippen LogP contribution in [0.25, 0.3) is 11.4 Å². The van der Waals surface area contributed by atoms with E-state index >= 15 is 0 Å². The Labute approximate surface area is 132 Å². The lowest BCUT2D eigenvalue weighted by Crippen LogP contribution is -2.08. The number of anilines is 1. The smallest absolute Gasteiger partial charge is 0.203 e. The van der Waals surface area contributed by atoms with E-state index in [4.69, 9.17) is 0 Å². The van der Waals surface area contributed by atoms with Crippen LogP contribution in [-0.2, 0) is 6.54 Å². The van der Waals surface area contributed by atoms with E-state index in [-0.39, 0.29) is 0 Å². The Bertz CT molecular complexity index is 774. The molecule has 0 saturated heterocycles. The summed E-state index contributed by atoms with van der Waals surface area (Å²) in [7, 11) is 0. The Morgan fingerprint density at radius 2 is 2.05 bits per heavy atom. The highest BCUT2D eigenvalue weighted by Crippen LogP contribution is 2.36. The largest absolute Gasteiger partial charge is 0.353 e. The molecular formula is C15H16N6S. The average molecular weight is 312 g/mol. The van der Waals surface area contributed by atoms with Crippen molar-refractivity contribution in [2.45, 2.75) is 32.4 Å². The monoisotopic (exact) mass is 312 g/mol. The zero-order chi connectivity index (χ0) is 14.9. The molecule has 0 amide bonds. The Balaban J connectivity index is 1.48. The fourth-order valence-corrected chi connectivity index (χ4v) is 3.08. The zero-order valence-electron chi connectivity index (χ0n) is 12.2. The molecule has 1 aromatic carbocycles. The van der Waals surface area contributed by atoms with E-state index in [9.17, 15) is 0 Å². The minimum absolute atomic E-state index is 0.584. The molecule has 6 nitrogen and oxygen atoms in total. The van der Waals surface area contributed by atoms with Crippen molar-refractivity contribution < 1.29 is 0 Å². The van der Waals surface area contributed by atoms with Crippen LogP contribution in [0.4, 0.5) is 5.13 Å². The van der Waals surface area contributed by atoms with Crippen LogP contribution in [-0.4, -0.2) is 24.1 Å². The van der Waals surface area contributed by atoms with Crippen LogP contribution in [0.5, 0.6) is 0 Å². The third-order valence-corrected chi connectivity index (χ3v) is 4.38. The van der Waals surface area contributed by atoms with Crippen molar-refractivity contribution in [1.82, 2.24) is 24.1 Å². The highest BCUT2D eigenvalue weighted by molar-refractivity contribution is 7.09. The molecule has 2 heterocycles. The molecule has 0 aliphatic heterocycles. The molecule has 1 N–H and O–H groups in total. The summed E-state index contributed by atoms with van der Waals surface area (Å²) in [5, 5.41) is 12.6. The van der Waals surface area contributed by atoms with Gasteiger partial charge < -0.3 is 9.88 Å². The van der Waals surface area contributed by atoms with Gasteiger partial charge in [0.05, 0.1) is 6.54 Å². The van der Waals surface area contributed by atoms with Gasteiger partial charge in [-0.05, 0) is 19.8 Å². The molecule has 112 valence electrons. The van der Waals surface area contributed by atoms with Crippen LogP contribution < -0.4 is 5.32 Å². The number of hydrogen-bond acceptors (Lipinski definition) is 6. The summed E-state index contributed by atoms with van der Waals surface area (Å²) in [6, 6.07) is 10.6. The second-order valence-corrected chi connectivity index (χ2v) is 6.16. The van der Waals surface area contributed by atoms with Crippen LogP contribution in [0.15, 0.2) is 30.3 Å². The number of aromatic nitrogens is 5. The van der Waals surface area contributed by atoms with Gasteiger partial charge in [-0.1, -0.05) is 30.3 Å². The summed E-state index contributed by atoms with van der Waals surface area (Å²) < 4.78 is 6.63. The summed E-state index contributed by atoms with van der Waals surface area (Å²) in [6.45, 7) is 2.63. The molecule has 0 radical (unpaired) electrons. The third kappa shape index (κ3) is 2.59. The number of rotatable bonds is 5. The first-order valence-electron chi connectivity index (χ1n) is 7.34. The number of aryl methyl sites for hydroxylation is 1. The molecule has 1 aliphatic rings. The minimum atomic E-state index is 0.584. The quantitative estimate of drug-likeness (QED) is 0.784. The number of nitrogens with zero attached hydrogens (tertiary/aromatic N) is 5. The lowest BCUT2D eigenvalue weighted by atomic mass is 10.2. The van der Waals surface area contributed by atoms with Crippen molar-refractivity contribution in [3.8, 4) is 11.4 Å². The molecule has 2 aromatic heterocycles. The molecule has 22 heavy (non-hydrogen) atoms. The molecule has 1 saturated carbocycles. The summed E-state index contributed by atoms with van der Waals surface area (Å²) in [6.07, 6.45) is 2.45. The lowest BCUT2D eigenvalue weighted by molar-refractivity contribution is 0.670. The number of hydrogen-bond donors (Lipinski definition) is 1. The first-order valence-corrected chi connectivity index (χ1v) is 8.12. The van der Waals surface area contributed by atoms with E-state index in [1.54, 1.807) is 0 Å². The van der Waals surface area contributed by atoms with Crippen molar-refractivity contribution in [3.63, 3.8) is 0 Å². The van der Waals surface area contributed by atoms with Crippen LogP contribution in [0, 0.1) is 6.92 Å². The fraction of sp³-hybridized carbons (Fsp3) is 0.333. The summed E-state index contributed by atoms with van der Waals surface area (Å²) >= 11 is 1.37. The predicted octanol–water partition coefficient (Wildman–Crippen LogP) is 3.05. The lowest BCUT2D eigenvalue weighted by Gasteiger charge is -2.06. The van der Waals surface area contributed by atoms with E-state index < -0.39 is 0 Å². The molecule has 1 aliphatic carbocycles. The second kappa shape index (κ2) is 5.49. The van der Waals surface area contributed by atoms with E-state index in [2.05, 4.69) is 29.4 Å². The Morgan fingerprint density at radius 1 is 1.23 bits per heavy atom. The van der Waals surface area contributed by atoms with Crippen molar-refractivity contribution in [1.29, 1.82) is 0 Å². The van der Waals surface area contributed by atoms with Gasteiger partial charge in [0.2, 0.25) is 5.13 Å². The van der Waals surface area contributed by atoms with E-state index in [1.807, 2.05) is 37.3 Å². The van der Waals surface area contributed by atoms with Gasteiger partial charge in [0, 0.05) is 23.1 Å². The van der Waals surface area contributed by atoms with Gasteiger partial charge in [0.15, 0.2) is 11.6 Å². The van der Waals surface area contributed by atoms with E-state index in [0.29, 0.717) is 12.6 Å². The molecule has 3 aromatic rings. The SMILES string of the molecule is Cc1nnc(CNc2nc(-c3ccccc3)ns2)n1C1CC1. The van der Waals surface area contributed by atoms with Crippen LogP contribution >= 0.6 is 11.5 Å². The molecule has 0 unspecified atom stereocenters. The van der Waals surface area contributed by atoms with Crippen LogP contribution in [0.1, 0.15) is 30.5 Å². The van der Waals surface area contributed by atoms with Crippen LogP contribution in [0.3, 0.4) is 0 Å². The van der Waals surface area contributed by atoms with E-state index in [1.165, 1.54) is 24.4 Å². The summed E-state index contributed by atoms with van der Waals surface area (Å²) in [5.41, 5.74) is 1.03. The summed E-state index contributed by atoms with van der Waals surface area (Å²) in [5.74, 6) is 2.71. The zero-order valence-corrected chi connectivity index (χ0v) is 13.0. The molecule has 7 heteroatoms. The fourth-order valence-electron chi connectivity index (χ4n) is 2.50. The molecule has 0 bridgehead atoms. The second-order valence-electron chi connectivity index (χ2n) is 5.41. The highest BCUT2D eigenvalue weighted by Gasteiger charge is 2.28. The highest BCUT2D eigenvalue weighted by atomic mass is 32.1. The van der Waals surface area contributed by atoms with Gasteiger partial charge in [-0.3, -0.25) is 0 Å². The van der Waals surface area contributed by atoms with Crippen molar-refractivity contribution >= 4 is 16.7 Å². The molecule has 0 spiro atoms. The Morgan fingerprint density at radius 3 is 2.82 bits per heavy atom. The van der Waals surface area contributed by atoms with Gasteiger partial charge in [-0.2, -0.15) is 9.36 Å². The predicted molar refractivity (Wildman–Crippen MR) is 85.7 cm³/mol. The maximum Gasteiger partial charge on any atom is 0.203 e. The number of nitrogens with one attached hydrogen (secondary N) is 1. The third-order valence-electron chi connectivity index (χ3n) is 3.70. The average Bonchev–Trinajstić information content (AvgIpc) is 3.15. The standard InChI is InChI=1S/C15H16N6S/c1-10-18-19-13(21(10)12-7-8-12)9-16-15-17-14(20-22-15)11-5-3-2-4-6-11/h2-6,12H,7-9H2,1H3,(H,16,17,20). The van der Waals surface area contributed by atoms with Crippen molar-refractivity contribution in [2.75, 3.05) is 5.32 Å².